The Hall–Kier alpha value is -1.95. The molecule has 5 nitrogen and oxygen atoms in total. The van der Waals surface area contributed by atoms with Gasteiger partial charge in [-0.2, -0.15) is 0 Å². The monoisotopic (exact) mass is 400 g/mol. The van der Waals surface area contributed by atoms with Gasteiger partial charge in [-0.1, -0.05) is 19.3 Å². The fourth-order valence-corrected chi connectivity index (χ4v) is 5.12. The molecule has 29 heavy (non-hydrogen) atoms. The van der Waals surface area contributed by atoms with E-state index in [0.717, 1.165) is 56.7 Å². The molecule has 1 aliphatic heterocycles. The molecular formula is C23H33FN4O. The number of amides is 1. The van der Waals surface area contributed by atoms with Crippen molar-refractivity contribution in [2.24, 2.45) is 0 Å². The summed E-state index contributed by atoms with van der Waals surface area (Å²) in [6.07, 6.45) is 8.68. The van der Waals surface area contributed by atoms with Crippen LogP contribution in [-0.4, -0.2) is 46.0 Å². The molecule has 2 heterocycles. The molecule has 1 N–H and O–H groups in total. The number of nitrogens with one attached hydrogen (secondary N) is 1. The van der Waals surface area contributed by atoms with Gasteiger partial charge in [0.25, 0.3) is 0 Å². The maximum atomic E-state index is 13.8. The van der Waals surface area contributed by atoms with Gasteiger partial charge < -0.3 is 14.8 Å². The Balaban J connectivity index is 1.55. The number of carbonyl (C=O) groups excluding carboxylic acids is 1. The van der Waals surface area contributed by atoms with E-state index in [1.807, 2.05) is 0 Å². The van der Waals surface area contributed by atoms with Gasteiger partial charge in [-0.25, -0.2) is 9.37 Å². The molecule has 0 bridgehead atoms. The SMILES string of the molecule is CCN(C(=O)CCn1c(C2CCCNC2)nc2cc(F)ccc21)C1CCCCC1. The molecule has 4 rings (SSSR count). The summed E-state index contributed by atoms with van der Waals surface area (Å²) >= 11 is 0. The van der Waals surface area contributed by atoms with Crippen molar-refractivity contribution in [2.75, 3.05) is 19.6 Å². The fraction of sp³-hybridized carbons (Fsp3) is 0.652. The summed E-state index contributed by atoms with van der Waals surface area (Å²) in [4.78, 5) is 19.9. The molecule has 1 saturated heterocycles. The largest absolute Gasteiger partial charge is 0.340 e. The van der Waals surface area contributed by atoms with Crippen LogP contribution in [-0.2, 0) is 11.3 Å². The Bertz CT molecular complexity index is 837. The summed E-state index contributed by atoms with van der Waals surface area (Å²) in [7, 11) is 0. The summed E-state index contributed by atoms with van der Waals surface area (Å²) in [5, 5.41) is 3.45. The highest BCUT2D eigenvalue weighted by Crippen LogP contribution is 2.28. The second-order valence-electron chi connectivity index (χ2n) is 8.52. The number of aromatic nitrogens is 2. The van der Waals surface area contributed by atoms with Gasteiger partial charge in [0.1, 0.15) is 11.6 Å². The van der Waals surface area contributed by atoms with Crippen LogP contribution < -0.4 is 5.32 Å². The summed E-state index contributed by atoms with van der Waals surface area (Å²) in [5.41, 5.74) is 1.62. The maximum absolute atomic E-state index is 13.8. The molecule has 1 amide bonds. The Kier molecular flexibility index (Phi) is 6.48. The minimum Gasteiger partial charge on any atom is -0.340 e. The van der Waals surface area contributed by atoms with E-state index >= 15 is 0 Å². The average molecular weight is 401 g/mol. The molecule has 1 aromatic heterocycles. The van der Waals surface area contributed by atoms with Crippen LogP contribution in [0, 0.1) is 5.82 Å². The molecule has 2 fully saturated rings. The minimum atomic E-state index is -0.263. The third kappa shape index (κ3) is 4.47. The van der Waals surface area contributed by atoms with E-state index in [1.54, 1.807) is 6.07 Å². The Morgan fingerprint density at radius 1 is 1.24 bits per heavy atom. The molecule has 1 atom stereocenters. The van der Waals surface area contributed by atoms with Crippen molar-refractivity contribution < 1.29 is 9.18 Å². The van der Waals surface area contributed by atoms with E-state index in [-0.39, 0.29) is 11.7 Å². The smallest absolute Gasteiger partial charge is 0.224 e. The van der Waals surface area contributed by atoms with E-state index < -0.39 is 0 Å². The van der Waals surface area contributed by atoms with Crippen LogP contribution in [0.25, 0.3) is 11.0 Å². The topological polar surface area (TPSA) is 50.2 Å². The van der Waals surface area contributed by atoms with Crippen LogP contribution in [0.5, 0.6) is 0 Å². The Morgan fingerprint density at radius 2 is 2.07 bits per heavy atom. The van der Waals surface area contributed by atoms with E-state index in [9.17, 15) is 9.18 Å². The molecule has 6 heteroatoms. The number of benzene rings is 1. The summed E-state index contributed by atoms with van der Waals surface area (Å²) < 4.78 is 15.9. The minimum absolute atomic E-state index is 0.232. The summed E-state index contributed by atoms with van der Waals surface area (Å²) in [6, 6.07) is 5.21. The number of hydrogen-bond donors (Lipinski definition) is 1. The van der Waals surface area contributed by atoms with Crippen LogP contribution in [0.4, 0.5) is 4.39 Å². The third-order valence-electron chi connectivity index (χ3n) is 6.63. The zero-order chi connectivity index (χ0) is 20.2. The number of piperidine rings is 1. The van der Waals surface area contributed by atoms with Gasteiger partial charge in [-0.3, -0.25) is 4.79 Å². The highest BCUT2D eigenvalue weighted by Gasteiger charge is 2.26. The zero-order valence-electron chi connectivity index (χ0n) is 17.5. The van der Waals surface area contributed by atoms with Gasteiger partial charge in [0.05, 0.1) is 11.0 Å². The lowest BCUT2D eigenvalue weighted by atomic mass is 9.94. The number of halogens is 1. The first-order valence-corrected chi connectivity index (χ1v) is 11.3. The van der Waals surface area contributed by atoms with Crippen molar-refractivity contribution in [1.29, 1.82) is 0 Å². The molecule has 158 valence electrons. The van der Waals surface area contributed by atoms with Gasteiger partial charge >= 0.3 is 0 Å². The van der Waals surface area contributed by atoms with E-state index in [2.05, 4.69) is 21.7 Å². The fourth-order valence-electron chi connectivity index (χ4n) is 5.12. The van der Waals surface area contributed by atoms with Crippen molar-refractivity contribution in [1.82, 2.24) is 19.8 Å². The number of carbonyl (C=O) groups is 1. The van der Waals surface area contributed by atoms with Crippen LogP contribution in [0.3, 0.4) is 0 Å². The zero-order valence-corrected chi connectivity index (χ0v) is 17.5. The average Bonchev–Trinajstić information content (AvgIpc) is 3.11. The molecule has 0 spiro atoms. The molecule has 1 aliphatic carbocycles. The van der Waals surface area contributed by atoms with E-state index in [4.69, 9.17) is 4.98 Å². The Labute approximate surface area is 172 Å². The Morgan fingerprint density at radius 3 is 2.79 bits per heavy atom. The van der Waals surface area contributed by atoms with Crippen molar-refractivity contribution in [2.45, 2.75) is 76.8 Å². The molecule has 1 saturated carbocycles. The number of aryl methyl sites for hydroxylation is 1. The van der Waals surface area contributed by atoms with Crippen LogP contribution in [0.15, 0.2) is 18.2 Å². The van der Waals surface area contributed by atoms with E-state index in [1.165, 1.54) is 31.4 Å². The molecule has 0 radical (unpaired) electrons. The third-order valence-corrected chi connectivity index (χ3v) is 6.63. The van der Waals surface area contributed by atoms with Crippen molar-refractivity contribution >= 4 is 16.9 Å². The number of nitrogens with zero attached hydrogens (tertiary/aromatic N) is 3. The number of hydrogen-bond acceptors (Lipinski definition) is 3. The molecule has 1 unspecified atom stereocenters. The number of imidazole rings is 1. The first-order valence-electron chi connectivity index (χ1n) is 11.3. The lowest BCUT2D eigenvalue weighted by Crippen LogP contribution is -2.41. The number of fused-ring (bicyclic) bond motifs is 1. The normalized spacial score (nSPS) is 20.8. The highest BCUT2D eigenvalue weighted by atomic mass is 19.1. The summed E-state index contributed by atoms with van der Waals surface area (Å²) in [6.45, 7) is 5.40. The lowest BCUT2D eigenvalue weighted by Gasteiger charge is -2.34. The predicted octanol–water partition coefficient (Wildman–Crippen LogP) is 4.21. The number of rotatable bonds is 6. The molecule has 2 aromatic rings. The summed E-state index contributed by atoms with van der Waals surface area (Å²) in [5.74, 6) is 1.28. The van der Waals surface area contributed by atoms with Gasteiger partial charge in [-0.05, 0) is 51.3 Å². The van der Waals surface area contributed by atoms with Gasteiger partial charge in [0.2, 0.25) is 5.91 Å². The quantitative estimate of drug-likeness (QED) is 0.790. The predicted molar refractivity (Wildman–Crippen MR) is 113 cm³/mol. The molecule has 1 aromatic carbocycles. The van der Waals surface area contributed by atoms with Gasteiger partial charge in [0.15, 0.2) is 0 Å². The standard InChI is InChI=1S/C23H33FN4O/c1-2-27(19-8-4-3-5-9-19)22(29)12-14-28-21-11-10-18(24)15-20(21)26-23(28)17-7-6-13-25-16-17/h10-11,15,17,19,25H,2-9,12-14,16H2,1H3. The first-order chi connectivity index (χ1) is 14.2. The van der Waals surface area contributed by atoms with Crippen LogP contribution >= 0.6 is 0 Å². The van der Waals surface area contributed by atoms with E-state index in [0.29, 0.717) is 30.4 Å². The highest BCUT2D eigenvalue weighted by molar-refractivity contribution is 5.78. The van der Waals surface area contributed by atoms with Crippen LogP contribution in [0.1, 0.15) is 70.0 Å². The second-order valence-corrected chi connectivity index (χ2v) is 8.52. The van der Waals surface area contributed by atoms with Crippen LogP contribution in [0.2, 0.25) is 0 Å². The van der Waals surface area contributed by atoms with Crippen molar-refractivity contribution in [3.63, 3.8) is 0 Å². The maximum Gasteiger partial charge on any atom is 0.224 e. The van der Waals surface area contributed by atoms with Crippen molar-refractivity contribution in [3.05, 3.63) is 29.8 Å². The van der Waals surface area contributed by atoms with Crippen molar-refractivity contribution in [3.8, 4) is 0 Å². The molecular weight excluding hydrogens is 367 g/mol. The first kappa shape index (κ1) is 20.3. The molecule has 2 aliphatic rings. The van der Waals surface area contributed by atoms with Gasteiger partial charge in [0, 0.05) is 44.1 Å². The van der Waals surface area contributed by atoms with Gasteiger partial charge in [-0.15, -0.1) is 0 Å². The lowest BCUT2D eigenvalue weighted by molar-refractivity contribution is -0.134. The second kappa shape index (κ2) is 9.24.